The average Bonchev–Trinajstić information content (AvgIpc) is 2.89. The van der Waals surface area contributed by atoms with Crippen LogP contribution in [-0.4, -0.2) is 37.2 Å². The number of ether oxygens (including phenoxy) is 1. The van der Waals surface area contributed by atoms with Crippen molar-refractivity contribution in [2.45, 2.75) is 71.0 Å². The maximum absolute atomic E-state index is 12.9. The van der Waals surface area contributed by atoms with Crippen molar-refractivity contribution in [1.82, 2.24) is 5.32 Å². The fourth-order valence-electron chi connectivity index (χ4n) is 2.85. The number of hydrogen-bond acceptors (Lipinski definition) is 4. The van der Waals surface area contributed by atoms with Gasteiger partial charge in [0.05, 0.1) is 13.2 Å². The summed E-state index contributed by atoms with van der Waals surface area (Å²) in [5, 5.41) is 2.89. The molecule has 124 valence electrons. The van der Waals surface area contributed by atoms with Crippen LogP contribution in [0.1, 0.15) is 59.3 Å². The largest absolute Gasteiger partial charge is 0.450 e. The first-order valence-electron chi connectivity index (χ1n) is 8.22. The van der Waals surface area contributed by atoms with Crippen LogP contribution in [-0.2, 0) is 13.8 Å². The van der Waals surface area contributed by atoms with E-state index in [2.05, 4.69) is 12.2 Å². The van der Waals surface area contributed by atoms with Gasteiger partial charge in [0.2, 0.25) is 7.37 Å². The summed E-state index contributed by atoms with van der Waals surface area (Å²) < 4.78 is 23.6. The second kappa shape index (κ2) is 9.47. The molecule has 1 rings (SSSR count). The zero-order valence-corrected chi connectivity index (χ0v) is 14.5. The number of unbranched alkanes of at least 4 members (excludes halogenated alkanes) is 1. The molecule has 0 aromatic carbocycles. The number of carbonyl (C=O) groups excluding carboxylic acids is 1. The van der Waals surface area contributed by atoms with Crippen LogP contribution in [0, 0.1) is 0 Å². The highest BCUT2D eigenvalue weighted by Crippen LogP contribution is 2.57. The van der Waals surface area contributed by atoms with Crippen LogP contribution in [0.5, 0.6) is 0 Å². The summed E-state index contributed by atoms with van der Waals surface area (Å²) in [6, 6.07) is 0.0646. The Labute approximate surface area is 128 Å². The van der Waals surface area contributed by atoms with Crippen molar-refractivity contribution in [2.24, 2.45) is 0 Å². The third-order valence-corrected chi connectivity index (χ3v) is 7.24. The molecule has 0 aliphatic heterocycles. The van der Waals surface area contributed by atoms with Gasteiger partial charge in [-0.1, -0.05) is 20.3 Å². The van der Waals surface area contributed by atoms with E-state index in [4.69, 9.17) is 9.26 Å². The molecule has 3 atom stereocenters. The summed E-state index contributed by atoms with van der Waals surface area (Å²) in [7, 11) is -2.57. The van der Waals surface area contributed by atoms with E-state index in [9.17, 15) is 9.36 Å². The van der Waals surface area contributed by atoms with E-state index < -0.39 is 7.37 Å². The van der Waals surface area contributed by atoms with Gasteiger partial charge in [0.1, 0.15) is 0 Å². The van der Waals surface area contributed by atoms with E-state index in [1.165, 1.54) is 0 Å². The second-order valence-electron chi connectivity index (χ2n) is 5.67. The third-order valence-electron chi connectivity index (χ3n) is 3.90. The van der Waals surface area contributed by atoms with Gasteiger partial charge in [-0.05, 0) is 39.0 Å². The molecular weight excluding hydrogens is 289 g/mol. The van der Waals surface area contributed by atoms with Crippen LogP contribution in [0.15, 0.2) is 0 Å². The van der Waals surface area contributed by atoms with Gasteiger partial charge in [-0.2, -0.15) is 0 Å². The summed E-state index contributed by atoms with van der Waals surface area (Å²) in [5.41, 5.74) is 0.0818. The van der Waals surface area contributed by atoms with Crippen molar-refractivity contribution in [2.75, 3.05) is 19.4 Å². The Morgan fingerprint density at radius 3 is 2.62 bits per heavy atom. The molecule has 0 saturated heterocycles. The highest BCUT2D eigenvalue weighted by Gasteiger charge is 2.39. The maximum atomic E-state index is 12.9. The molecule has 0 radical (unpaired) electrons. The van der Waals surface area contributed by atoms with Gasteiger partial charge in [0, 0.05) is 17.9 Å². The number of carbonyl (C=O) groups is 1. The molecule has 1 N–H and O–H groups in total. The Hall–Kier alpha value is -0.540. The standard InChI is InChI=1S/C15H30NO4P/c1-4-7-10-19-15(17)16-13-8-9-14(12-13)21(18,11-5-2)20-6-3/h13-14H,4-12H2,1-3H3,(H,16,17)/t13-,14-,21?/m1/s1. The Morgan fingerprint density at radius 1 is 1.24 bits per heavy atom. The Balaban J connectivity index is 2.43. The second-order valence-corrected chi connectivity index (χ2v) is 8.55. The van der Waals surface area contributed by atoms with Crippen LogP contribution in [0.25, 0.3) is 0 Å². The molecule has 1 amide bonds. The zero-order valence-electron chi connectivity index (χ0n) is 13.6. The van der Waals surface area contributed by atoms with Crippen LogP contribution in [0.2, 0.25) is 0 Å². The Bertz CT molecular complexity index is 352. The van der Waals surface area contributed by atoms with E-state index in [1.54, 1.807) is 0 Å². The highest BCUT2D eigenvalue weighted by molar-refractivity contribution is 7.59. The number of amides is 1. The predicted octanol–water partition coefficient (Wildman–Crippen LogP) is 4.16. The summed E-state index contributed by atoms with van der Waals surface area (Å²) in [6.07, 6.45) is 5.50. The molecule has 0 heterocycles. The molecule has 1 aliphatic rings. The zero-order chi connectivity index (χ0) is 15.7. The van der Waals surface area contributed by atoms with Gasteiger partial charge in [-0.3, -0.25) is 4.57 Å². The quantitative estimate of drug-likeness (QED) is 0.512. The molecule has 1 aliphatic carbocycles. The number of nitrogens with one attached hydrogen (secondary N) is 1. The van der Waals surface area contributed by atoms with Crippen LogP contribution in [0.4, 0.5) is 4.79 Å². The van der Waals surface area contributed by atoms with Crippen molar-refractivity contribution in [3.8, 4) is 0 Å². The van der Waals surface area contributed by atoms with E-state index in [-0.39, 0.29) is 17.8 Å². The fourth-order valence-corrected chi connectivity index (χ4v) is 5.73. The molecule has 0 spiro atoms. The number of alkyl carbamates (subject to hydrolysis) is 1. The van der Waals surface area contributed by atoms with E-state index in [0.717, 1.165) is 38.5 Å². The molecule has 1 saturated carbocycles. The smallest absolute Gasteiger partial charge is 0.407 e. The average molecular weight is 319 g/mol. The Kier molecular flexibility index (Phi) is 8.35. The lowest BCUT2D eigenvalue weighted by molar-refractivity contribution is 0.140. The lowest BCUT2D eigenvalue weighted by atomic mass is 10.3. The van der Waals surface area contributed by atoms with E-state index in [0.29, 0.717) is 19.4 Å². The minimum Gasteiger partial charge on any atom is -0.450 e. The first kappa shape index (κ1) is 18.5. The lowest BCUT2D eigenvalue weighted by Crippen LogP contribution is -2.34. The summed E-state index contributed by atoms with van der Waals surface area (Å²) in [4.78, 5) is 11.6. The summed E-state index contributed by atoms with van der Waals surface area (Å²) in [6.45, 7) is 6.93. The maximum Gasteiger partial charge on any atom is 0.407 e. The van der Waals surface area contributed by atoms with Crippen LogP contribution < -0.4 is 5.32 Å². The monoisotopic (exact) mass is 319 g/mol. The molecule has 5 nitrogen and oxygen atoms in total. The summed E-state index contributed by atoms with van der Waals surface area (Å²) in [5.74, 6) is 0. The van der Waals surface area contributed by atoms with Crippen LogP contribution in [0.3, 0.4) is 0 Å². The van der Waals surface area contributed by atoms with E-state index in [1.807, 2.05) is 13.8 Å². The van der Waals surface area contributed by atoms with Gasteiger partial charge < -0.3 is 14.6 Å². The van der Waals surface area contributed by atoms with Gasteiger partial charge in [-0.15, -0.1) is 0 Å². The number of rotatable bonds is 9. The molecular formula is C15H30NO4P. The van der Waals surface area contributed by atoms with Gasteiger partial charge in [-0.25, -0.2) is 4.79 Å². The predicted molar refractivity (Wildman–Crippen MR) is 85.2 cm³/mol. The summed E-state index contributed by atoms with van der Waals surface area (Å²) >= 11 is 0. The fraction of sp³-hybridized carbons (Fsp3) is 0.933. The van der Waals surface area contributed by atoms with Crippen molar-refractivity contribution in [1.29, 1.82) is 0 Å². The van der Waals surface area contributed by atoms with Crippen molar-refractivity contribution in [3.63, 3.8) is 0 Å². The minimum absolute atomic E-state index is 0.0646. The van der Waals surface area contributed by atoms with Crippen molar-refractivity contribution < 1.29 is 18.6 Å². The topological polar surface area (TPSA) is 64.6 Å². The van der Waals surface area contributed by atoms with Crippen LogP contribution >= 0.6 is 7.37 Å². The van der Waals surface area contributed by atoms with Crippen molar-refractivity contribution >= 4 is 13.5 Å². The van der Waals surface area contributed by atoms with Gasteiger partial charge in [0.15, 0.2) is 0 Å². The number of hydrogen-bond donors (Lipinski definition) is 1. The molecule has 21 heavy (non-hydrogen) atoms. The first-order chi connectivity index (χ1) is 10.1. The first-order valence-corrected chi connectivity index (χ1v) is 10.1. The SMILES string of the molecule is CCCCOC(=O)N[C@@H]1CC[C@@H](P(=O)(CCC)OCC)C1. The molecule has 0 aromatic rings. The van der Waals surface area contributed by atoms with Crippen molar-refractivity contribution in [3.05, 3.63) is 0 Å². The minimum atomic E-state index is -2.57. The Morgan fingerprint density at radius 2 is 2.00 bits per heavy atom. The highest BCUT2D eigenvalue weighted by atomic mass is 31.2. The molecule has 0 bridgehead atoms. The molecule has 1 unspecified atom stereocenters. The lowest BCUT2D eigenvalue weighted by Gasteiger charge is -2.23. The molecule has 1 fully saturated rings. The van der Waals surface area contributed by atoms with Gasteiger partial charge >= 0.3 is 6.09 Å². The third kappa shape index (κ3) is 5.99. The van der Waals surface area contributed by atoms with Gasteiger partial charge in [0.25, 0.3) is 0 Å². The molecule has 0 aromatic heterocycles. The molecule has 6 heteroatoms. The van der Waals surface area contributed by atoms with E-state index >= 15 is 0 Å². The normalized spacial score (nSPS) is 24.5.